The predicted molar refractivity (Wildman–Crippen MR) is 152 cm³/mol. The van der Waals surface area contributed by atoms with E-state index in [1.807, 2.05) is 25.2 Å². The molecule has 0 spiro atoms. The van der Waals surface area contributed by atoms with Crippen molar-refractivity contribution in [3.05, 3.63) is 78.9 Å². The third-order valence-corrected chi connectivity index (χ3v) is 6.54. The van der Waals surface area contributed by atoms with E-state index in [1.165, 1.54) is 19.0 Å². The molecule has 5 heteroatoms. The summed E-state index contributed by atoms with van der Waals surface area (Å²) in [7, 11) is 5.68. The predicted octanol–water partition coefficient (Wildman–Crippen LogP) is 5.39. The van der Waals surface area contributed by atoms with Gasteiger partial charge in [0.15, 0.2) is 0 Å². The number of nitrogens with two attached hydrogens (primary N) is 1. The fraction of sp³-hybridized carbons (Fsp3) is 0.467. The molecule has 192 valence electrons. The van der Waals surface area contributed by atoms with Crippen LogP contribution in [0, 0.1) is 5.92 Å². The highest BCUT2D eigenvalue weighted by Gasteiger charge is 2.36. The Morgan fingerprint density at radius 3 is 2.46 bits per heavy atom. The summed E-state index contributed by atoms with van der Waals surface area (Å²) in [4.78, 5) is 19.4. The first-order valence-electron chi connectivity index (χ1n) is 12.7. The minimum absolute atomic E-state index is 0.0266. The van der Waals surface area contributed by atoms with Crippen LogP contribution in [0.1, 0.15) is 49.7 Å². The zero-order valence-corrected chi connectivity index (χ0v) is 22.2. The highest BCUT2D eigenvalue weighted by molar-refractivity contribution is 5.86. The van der Waals surface area contributed by atoms with Gasteiger partial charge in [0.05, 0.1) is 5.69 Å². The highest BCUT2D eigenvalue weighted by Crippen LogP contribution is 2.38. The molecule has 0 radical (unpaired) electrons. The number of benzene rings is 2. The molecule has 0 heterocycles. The zero-order chi connectivity index (χ0) is 26.1. The number of rotatable bonds is 11. The first-order chi connectivity index (χ1) is 17.1. The Bertz CT molecular complexity index is 868. The first-order valence-corrected chi connectivity index (χ1v) is 12.7. The lowest BCUT2D eigenvalue weighted by Crippen LogP contribution is -2.40. The van der Waals surface area contributed by atoms with Crippen molar-refractivity contribution < 1.29 is 4.79 Å². The molecule has 5 nitrogen and oxygen atoms in total. The van der Waals surface area contributed by atoms with Crippen LogP contribution in [-0.4, -0.2) is 57.2 Å². The van der Waals surface area contributed by atoms with E-state index in [9.17, 15) is 4.79 Å². The Kier molecular flexibility index (Phi) is 15.5. The average molecular weight is 479 g/mol. The lowest BCUT2D eigenvalue weighted by Gasteiger charge is -2.32. The Balaban J connectivity index is 0.00000145. The van der Waals surface area contributed by atoms with E-state index in [4.69, 9.17) is 4.99 Å². The van der Waals surface area contributed by atoms with Crippen LogP contribution >= 0.6 is 0 Å². The molecule has 2 aromatic rings. The third kappa shape index (κ3) is 9.52. The maximum atomic E-state index is 12.0. The van der Waals surface area contributed by atoms with Crippen LogP contribution in [0.4, 0.5) is 5.69 Å². The van der Waals surface area contributed by atoms with Gasteiger partial charge in [0.1, 0.15) is 6.29 Å². The largest absolute Gasteiger partial charge is 0.333 e. The molecule has 0 saturated heterocycles. The quantitative estimate of drug-likeness (QED) is 0.197. The average Bonchev–Trinajstić information content (AvgIpc) is 3.38. The highest BCUT2D eigenvalue weighted by atomic mass is 16.1. The van der Waals surface area contributed by atoms with Crippen molar-refractivity contribution in [3.63, 3.8) is 0 Å². The number of nitrogens with zero attached hydrogens (tertiary/aromatic N) is 2. The van der Waals surface area contributed by atoms with E-state index in [-0.39, 0.29) is 5.92 Å². The van der Waals surface area contributed by atoms with Gasteiger partial charge < -0.3 is 15.8 Å². The normalized spacial score (nSPS) is 18.2. The van der Waals surface area contributed by atoms with Gasteiger partial charge in [-0.1, -0.05) is 55.0 Å². The fourth-order valence-electron chi connectivity index (χ4n) is 5.04. The molecule has 3 atom stereocenters. The monoisotopic (exact) mass is 478 g/mol. The number of aldehydes is 1. The number of carbonyl (C=O) groups excluding carboxylic acids is 1. The van der Waals surface area contributed by atoms with Crippen LogP contribution in [-0.2, 0) is 11.2 Å². The van der Waals surface area contributed by atoms with Gasteiger partial charge in [-0.05, 0) is 83.4 Å². The minimum atomic E-state index is -0.0266. The fourth-order valence-corrected chi connectivity index (χ4v) is 5.04. The summed E-state index contributed by atoms with van der Waals surface area (Å²) in [6.45, 7) is 9.97. The Hall–Kier alpha value is -2.60. The van der Waals surface area contributed by atoms with Gasteiger partial charge in [0.25, 0.3) is 0 Å². The summed E-state index contributed by atoms with van der Waals surface area (Å²) >= 11 is 0. The topological polar surface area (TPSA) is 70.7 Å². The van der Waals surface area contributed by atoms with E-state index in [0.717, 1.165) is 62.0 Å². The number of para-hydroxylation sites is 1. The molecule has 0 aliphatic heterocycles. The van der Waals surface area contributed by atoms with Crippen molar-refractivity contribution in [1.82, 2.24) is 10.2 Å². The summed E-state index contributed by atoms with van der Waals surface area (Å²) in [6.07, 6.45) is 6.74. The van der Waals surface area contributed by atoms with Crippen LogP contribution < -0.4 is 11.1 Å². The Morgan fingerprint density at radius 2 is 1.80 bits per heavy atom. The van der Waals surface area contributed by atoms with Crippen LogP contribution in [0.15, 0.2) is 72.7 Å². The van der Waals surface area contributed by atoms with Gasteiger partial charge in [0, 0.05) is 24.2 Å². The molecule has 0 bridgehead atoms. The maximum absolute atomic E-state index is 12.0. The summed E-state index contributed by atoms with van der Waals surface area (Å²) in [5.41, 5.74) is 9.16. The molecule has 2 aromatic carbocycles. The number of carbonyl (C=O) groups is 1. The van der Waals surface area contributed by atoms with Gasteiger partial charge in [-0.25, -0.2) is 0 Å². The Morgan fingerprint density at radius 1 is 1.14 bits per heavy atom. The molecule has 0 amide bonds. The van der Waals surface area contributed by atoms with Crippen molar-refractivity contribution >= 4 is 17.7 Å². The first kappa shape index (κ1) is 30.4. The smallest absolute Gasteiger partial charge is 0.127 e. The molecule has 3 unspecified atom stereocenters. The minimum Gasteiger partial charge on any atom is -0.333 e. The number of aryl methyl sites for hydroxylation is 1. The van der Waals surface area contributed by atoms with Crippen molar-refractivity contribution in [3.8, 4) is 0 Å². The zero-order valence-electron chi connectivity index (χ0n) is 22.2. The van der Waals surface area contributed by atoms with Gasteiger partial charge in [-0.15, -0.1) is 13.2 Å². The molecule has 35 heavy (non-hydrogen) atoms. The lowest BCUT2D eigenvalue weighted by atomic mass is 9.83. The molecule has 1 fully saturated rings. The van der Waals surface area contributed by atoms with Crippen molar-refractivity contribution in [2.75, 3.05) is 34.2 Å². The van der Waals surface area contributed by atoms with Crippen LogP contribution in [0.25, 0.3) is 0 Å². The van der Waals surface area contributed by atoms with Crippen molar-refractivity contribution in [2.24, 2.45) is 16.6 Å². The van der Waals surface area contributed by atoms with Crippen LogP contribution in [0.2, 0.25) is 0 Å². The van der Waals surface area contributed by atoms with Crippen molar-refractivity contribution in [1.29, 1.82) is 0 Å². The number of nitrogens with one attached hydrogen (secondary N) is 1. The second-order valence-corrected chi connectivity index (χ2v) is 8.83. The third-order valence-electron chi connectivity index (χ3n) is 6.54. The van der Waals surface area contributed by atoms with E-state index >= 15 is 0 Å². The lowest BCUT2D eigenvalue weighted by molar-refractivity contribution is -0.110. The van der Waals surface area contributed by atoms with Crippen molar-refractivity contribution in [2.45, 2.75) is 51.0 Å². The molecular weight excluding hydrogens is 432 g/mol. The molecule has 3 rings (SSSR count). The molecule has 1 saturated carbocycles. The van der Waals surface area contributed by atoms with Gasteiger partial charge in [0.2, 0.25) is 0 Å². The van der Waals surface area contributed by atoms with E-state index < -0.39 is 0 Å². The number of hydrogen-bond donors (Lipinski definition) is 2. The molecule has 1 aliphatic rings. The van der Waals surface area contributed by atoms with Crippen LogP contribution in [0.3, 0.4) is 0 Å². The molecule has 1 aliphatic carbocycles. The van der Waals surface area contributed by atoms with Crippen LogP contribution in [0.5, 0.6) is 0 Å². The van der Waals surface area contributed by atoms with Gasteiger partial charge >= 0.3 is 0 Å². The molecular formula is C30H46N4O. The van der Waals surface area contributed by atoms with Gasteiger partial charge in [-0.2, -0.15) is 0 Å². The van der Waals surface area contributed by atoms with E-state index in [2.05, 4.69) is 79.5 Å². The molecule has 3 N–H and O–H groups in total. The number of hydrogen-bond acceptors (Lipinski definition) is 5. The second-order valence-electron chi connectivity index (χ2n) is 8.83. The maximum Gasteiger partial charge on any atom is 0.127 e. The molecule has 0 aromatic heterocycles. The van der Waals surface area contributed by atoms with E-state index in [1.54, 1.807) is 0 Å². The van der Waals surface area contributed by atoms with E-state index in [0.29, 0.717) is 12.0 Å². The summed E-state index contributed by atoms with van der Waals surface area (Å²) in [5.74, 6) is 0.341. The van der Waals surface area contributed by atoms with Gasteiger partial charge in [-0.3, -0.25) is 9.89 Å². The standard InChI is InChI=1S/C27H37N3O.C2H4.CH5N/c1-21(29-26-16-8-7-13-23(26)14-10-18-28-2)19-30(3)27-17-9-15-24(27)25(20-31)22-11-5-4-6-12-22;2*1-2/h4-8,11-13,16,20,24-25,27-28H,9-10,14-15,17-19H2,1-3H3;1-2H2;2H2,1H3. The summed E-state index contributed by atoms with van der Waals surface area (Å²) in [5, 5.41) is 3.22. The Labute approximate surface area is 213 Å². The number of aliphatic imine (C=N–C) groups is 1. The summed E-state index contributed by atoms with van der Waals surface area (Å²) in [6, 6.07) is 19.1. The SMILES string of the molecule is C=C.CN.CNCCCc1ccccc1N=C(C)CN(C)C1CCCC1C(C=O)c1ccccc1. The second kappa shape index (κ2) is 17.8. The summed E-state index contributed by atoms with van der Waals surface area (Å²) < 4.78 is 0.